The molecule has 1 aliphatic rings. The van der Waals surface area contributed by atoms with Crippen LogP contribution in [0.25, 0.3) is 0 Å². The minimum Gasteiger partial charge on any atom is -0.323 e. The van der Waals surface area contributed by atoms with E-state index in [0.717, 1.165) is 18.4 Å². The Labute approximate surface area is 101 Å². The zero-order valence-electron chi connectivity index (χ0n) is 9.60. The Bertz CT molecular complexity index is 445. The fraction of sp³-hybridized carbons (Fsp3) is 0.385. The number of nitrogens with two attached hydrogens (primary N) is 1. The average molecular weight is 229 g/mol. The van der Waals surface area contributed by atoms with Crippen LogP contribution in [0.15, 0.2) is 30.3 Å². The van der Waals surface area contributed by atoms with Crippen LogP contribution in [0.4, 0.5) is 0 Å². The van der Waals surface area contributed by atoms with Crippen molar-refractivity contribution in [3.05, 3.63) is 35.9 Å². The van der Waals surface area contributed by atoms with Gasteiger partial charge in [0.25, 0.3) is 0 Å². The lowest BCUT2D eigenvalue weighted by Gasteiger charge is -2.23. The predicted octanol–water partition coefficient (Wildman–Crippen LogP) is 1.03. The first-order valence-corrected chi connectivity index (χ1v) is 5.65. The molecule has 4 heteroatoms. The Morgan fingerprint density at radius 3 is 2.59 bits per heavy atom. The van der Waals surface area contributed by atoms with Gasteiger partial charge in [-0.3, -0.25) is 4.79 Å². The first-order valence-electron chi connectivity index (χ1n) is 5.65. The van der Waals surface area contributed by atoms with Crippen LogP contribution in [0.3, 0.4) is 0 Å². The largest absolute Gasteiger partial charge is 0.323 e. The third-order valence-corrected chi connectivity index (χ3v) is 2.98. The summed E-state index contributed by atoms with van der Waals surface area (Å²) in [5.74, 6) is -0.108. The molecule has 1 amide bonds. The standard InChI is InChI=1S/C13H15N3O/c14-8-9-16(12(17)13(15)6-7-13)10-11-4-2-1-3-5-11/h1-5H,6-7,9-10,15H2. The number of rotatable bonds is 4. The van der Waals surface area contributed by atoms with Crippen molar-refractivity contribution in [2.45, 2.75) is 24.9 Å². The Morgan fingerprint density at radius 2 is 2.06 bits per heavy atom. The number of amides is 1. The van der Waals surface area contributed by atoms with Crippen LogP contribution in [0.5, 0.6) is 0 Å². The van der Waals surface area contributed by atoms with Gasteiger partial charge in [-0.05, 0) is 18.4 Å². The van der Waals surface area contributed by atoms with Gasteiger partial charge >= 0.3 is 0 Å². The third kappa shape index (κ3) is 2.63. The Morgan fingerprint density at radius 1 is 1.41 bits per heavy atom. The summed E-state index contributed by atoms with van der Waals surface area (Å²) in [6.07, 6.45) is 1.45. The van der Waals surface area contributed by atoms with Crippen LogP contribution in [-0.4, -0.2) is 22.9 Å². The van der Waals surface area contributed by atoms with Gasteiger partial charge in [-0.25, -0.2) is 0 Å². The molecule has 1 saturated carbocycles. The van der Waals surface area contributed by atoms with Gasteiger partial charge in [-0.2, -0.15) is 5.26 Å². The van der Waals surface area contributed by atoms with Crippen LogP contribution in [-0.2, 0) is 11.3 Å². The van der Waals surface area contributed by atoms with Crippen molar-refractivity contribution in [3.63, 3.8) is 0 Å². The van der Waals surface area contributed by atoms with Crippen LogP contribution < -0.4 is 5.73 Å². The van der Waals surface area contributed by atoms with E-state index < -0.39 is 5.54 Å². The minimum atomic E-state index is -0.703. The molecule has 17 heavy (non-hydrogen) atoms. The molecule has 4 nitrogen and oxygen atoms in total. The molecule has 0 heterocycles. The van der Waals surface area contributed by atoms with Crippen molar-refractivity contribution in [1.29, 1.82) is 5.26 Å². The molecule has 1 aliphatic carbocycles. The predicted molar refractivity (Wildman–Crippen MR) is 63.6 cm³/mol. The van der Waals surface area contributed by atoms with Gasteiger partial charge in [-0.1, -0.05) is 30.3 Å². The van der Waals surface area contributed by atoms with Gasteiger partial charge in [-0.15, -0.1) is 0 Å². The Balaban J connectivity index is 2.08. The Hall–Kier alpha value is -1.86. The van der Waals surface area contributed by atoms with Crippen LogP contribution >= 0.6 is 0 Å². The number of nitrogens with zero attached hydrogens (tertiary/aromatic N) is 2. The summed E-state index contributed by atoms with van der Waals surface area (Å²) < 4.78 is 0. The Kier molecular flexibility index (Phi) is 3.12. The van der Waals surface area contributed by atoms with E-state index in [0.29, 0.717) is 6.54 Å². The molecule has 2 N–H and O–H groups in total. The number of benzene rings is 1. The zero-order valence-corrected chi connectivity index (χ0v) is 9.60. The summed E-state index contributed by atoms with van der Waals surface area (Å²) in [6, 6.07) is 11.6. The number of hydrogen-bond acceptors (Lipinski definition) is 3. The molecule has 0 radical (unpaired) electrons. The lowest BCUT2D eigenvalue weighted by atomic mass is 10.2. The highest BCUT2D eigenvalue weighted by Crippen LogP contribution is 2.34. The van der Waals surface area contributed by atoms with Crippen molar-refractivity contribution in [2.75, 3.05) is 6.54 Å². The van der Waals surface area contributed by atoms with E-state index in [9.17, 15) is 4.79 Å². The molecule has 0 aliphatic heterocycles. The van der Waals surface area contributed by atoms with E-state index >= 15 is 0 Å². The summed E-state index contributed by atoms with van der Waals surface area (Å²) in [6.45, 7) is 0.541. The lowest BCUT2D eigenvalue weighted by Crippen LogP contribution is -2.45. The second kappa shape index (κ2) is 4.56. The van der Waals surface area contributed by atoms with Crippen molar-refractivity contribution in [1.82, 2.24) is 4.90 Å². The van der Waals surface area contributed by atoms with E-state index in [-0.39, 0.29) is 12.5 Å². The zero-order chi connectivity index (χ0) is 12.3. The molecular formula is C13H15N3O. The second-order valence-electron chi connectivity index (χ2n) is 4.46. The molecule has 0 unspecified atom stereocenters. The van der Waals surface area contributed by atoms with Gasteiger partial charge in [0.1, 0.15) is 6.54 Å². The molecule has 2 rings (SSSR count). The summed E-state index contributed by atoms with van der Waals surface area (Å²) in [4.78, 5) is 13.6. The molecule has 0 spiro atoms. The van der Waals surface area contributed by atoms with Gasteiger partial charge in [0.05, 0.1) is 11.6 Å². The van der Waals surface area contributed by atoms with Crippen molar-refractivity contribution >= 4 is 5.91 Å². The molecule has 0 atom stereocenters. The lowest BCUT2D eigenvalue weighted by molar-refractivity contribution is -0.133. The van der Waals surface area contributed by atoms with Gasteiger partial charge < -0.3 is 10.6 Å². The van der Waals surface area contributed by atoms with E-state index in [1.807, 2.05) is 36.4 Å². The average Bonchev–Trinajstić information content (AvgIpc) is 3.09. The van der Waals surface area contributed by atoms with Crippen LogP contribution in [0.2, 0.25) is 0 Å². The first-order chi connectivity index (χ1) is 8.15. The molecule has 88 valence electrons. The SMILES string of the molecule is N#CCN(Cc1ccccc1)C(=O)C1(N)CC1. The molecule has 1 fully saturated rings. The van der Waals surface area contributed by atoms with Gasteiger partial charge in [0.15, 0.2) is 0 Å². The quantitative estimate of drug-likeness (QED) is 0.784. The highest BCUT2D eigenvalue weighted by atomic mass is 16.2. The first kappa shape index (κ1) is 11.6. The minimum absolute atomic E-state index is 0.0900. The second-order valence-corrected chi connectivity index (χ2v) is 4.46. The molecular weight excluding hydrogens is 214 g/mol. The maximum atomic E-state index is 12.1. The van der Waals surface area contributed by atoms with Crippen molar-refractivity contribution < 1.29 is 4.79 Å². The highest BCUT2D eigenvalue weighted by Gasteiger charge is 2.48. The summed E-state index contributed by atoms with van der Waals surface area (Å²) in [7, 11) is 0. The van der Waals surface area contributed by atoms with Crippen LogP contribution in [0.1, 0.15) is 18.4 Å². The van der Waals surface area contributed by atoms with Gasteiger partial charge in [0.2, 0.25) is 5.91 Å². The maximum absolute atomic E-state index is 12.1. The van der Waals surface area contributed by atoms with Gasteiger partial charge in [0, 0.05) is 6.54 Å². The summed E-state index contributed by atoms with van der Waals surface area (Å²) in [5, 5.41) is 8.77. The van der Waals surface area contributed by atoms with E-state index in [1.165, 1.54) is 4.90 Å². The van der Waals surface area contributed by atoms with Crippen molar-refractivity contribution in [3.8, 4) is 6.07 Å². The van der Waals surface area contributed by atoms with E-state index in [1.54, 1.807) is 0 Å². The molecule has 0 aromatic heterocycles. The smallest absolute Gasteiger partial charge is 0.243 e. The fourth-order valence-corrected chi connectivity index (χ4v) is 1.75. The van der Waals surface area contributed by atoms with Crippen molar-refractivity contribution in [2.24, 2.45) is 5.73 Å². The topological polar surface area (TPSA) is 70.1 Å². The monoisotopic (exact) mass is 229 g/mol. The molecule has 1 aromatic carbocycles. The molecule has 0 saturated heterocycles. The molecule has 0 bridgehead atoms. The molecule has 1 aromatic rings. The highest BCUT2D eigenvalue weighted by molar-refractivity contribution is 5.89. The van der Waals surface area contributed by atoms with E-state index in [4.69, 9.17) is 11.0 Å². The maximum Gasteiger partial charge on any atom is 0.243 e. The van der Waals surface area contributed by atoms with Crippen LogP contribution in [0, 0.1) is 11.3 Å². The number of nitriles is 1. The third-order valence-electron chi connectivity index (χ3n) is 2.98. The summed E-state index contributed by atoms with van der Waals surface area (Å²) >= 11 is 0. The number of hydrogen-bond donors (Lipinski definition) is 1. The fourth-order valence-electron chi connectivity index (χ4n) is 1.75. The number of carbonyl (C=O) groups is 1. The normalized spacial score (nSPS) is 16.0. The van der Waals surface area contributed by atoms with E-state index in [2.05, 4.69) is 0 Å². The number of carbonyl (C=O) groups excluding carboxylic acids is 1. The summed E-state index contributed by atoms with van der Waals surface area (Å²) in [5.41, 5.74) is 6.19.